The van der Waals surface area contributed by atoms with Crippen LogP contribution in [0.25, 0.3) is 11.5 Å². The quantitative estimate of drug-likeness (QED) is 0.734. The van der Waals surface area contributed by atoms with Crippen molar-refractivity contribution in [2.75, 3.05) is 10.6 Å². The van der Waals surface area contributed by atoms with Gasteiger partial charge in [-0.15, -0.1) is 0 Å². The largest absolute Gasteiger partial charge is 0.441 e. The van der Waals surface area contributed by atoms with E-state index >= 15 is 0 Å². The summed E-state index contributed by atoms with van der Waals surface area (Å²) in [6, 6.07) is 14.5. The molecule has 2 aromatic carbocycles. The average Bonchev–Trinajstić information content (AvgIpc) is 3.03. The first-order valence-corrected chi connectivity index (χ1v) is 8.19. The molecule has 0 fully saturated rings. The van der Waals surface area contributed by atoms with E-state index in [4.69, 9.17) is 4.42 Å². The zero-order valence-electron chi connectivity index (χ0n) is 14.6. The number of aryl methyl sites for hydroxylation is 1. The minimum absolute atomic E-state index is 0.127. The van der Waals surface area contributed by atoms with Crippen molar-refractivity contribution in [2.45, 2.75) is 20.3 Å². The molecule has 6 nitrogen and oxygen atoms in total. The molecule has 0 unspecified atom stereocenters. The summed E-state index contributed by atoms with van der Waals surface area (Å²) < 4.78 is 5.51. The van der Waals surface area contributed by atoms with Gasteiger partial charge < -0.3 is 15.1 Å². The van der Waals surface area contributed by atoms with Gasteiger partial charge in [-0.2, -0.15) is 0 Å². The first-order chi connectivity index (χ1) is 12.5. The van der Waals surface area contributed by atoms with Crippen molar-refractivity contribution in [3.8, 4) is 11.5 Å². The summed E-state index contributed by atoms with van der Waals surface area (Å²) in [6.07, 6.45) is 1.90. The highest BCUT2D eigenvalue weighted by Gasteiger charge is 2.08. The molecule has 6 heteroatoms. The predicted molar refractivity (Wildman–Crippen MR) is 99.8 cm³/mol. The maximum absolute atomic E-state index is 12.3. The van der Waals surface area contributed by atoms with Gasteiger partial charge in [0, 0.05) is 23.9 Å². The lowest BCUT2D eigenvalue weighted by molar-refractivity contribution is -0.116. The molecule has 3 aromatic rings. The van der Waals surface area contributed by atoms with Crippen molar-refractivity contribution in [1.82, 2.24) is 4.98 Å². The molecule has 0 saturated carbocycles. The van der Waals surface area contributed by atoms with Gasteiger partial charge in [0.1, 0.15) is 5.76 Å². The van der Waals surface area contributed by atoms with E-state index in [2.05, 4.69) is 15.6 Å². The fourth-order valence-corrected chi connectivity index (χ4v) is 2.52. The molecule has 0 atom stereocenters. The van der Waals surface area contributed by atoms with Gasteiger partial charge in [0.05, 0.1) is 12.6 Å². The maximum atomic E-state index is 12.3. The van der Waals surface area contributed by atoms with Crippen LogP contribution in [0.15, 0.2) is 59.1 Å². The Morgan fingerprint density at radius 3 is 2.46 bits per heavy atom. The van der Waals surface area contributed by atoms with Crippen LogP contribution in [0, 0.1) is 6.92 Å². The zero-order valence-corrected chi connectivity index (χ0v) is 14.6. The van der Waals surface area contributed by atoms with E-state index in [1.807, 2.05) is 43.3 Å². The number of aromatic nitrogens is 1. The number of hydrogen-bond acceptors (Lipinski definition) is 4. The molecule has 2 amide bonds. The summed E-state index contributed by atoms with van der Waals surface area (Å²) >= 11 is 0. The number of rotatable bonds is 5. The third kappa shape index (κ3) is 4.57. The van der Waals surface area contributed by atoms with Crippen LogP contribution in [-0.4, -0.2) is 16.8 Å². The molecule has 1 aromatic heterocycles. The van der Waals surface area contributed by atoms with E-state index in [1.54, 1.807) is 18.3 Å². The lowest BCUT2D eigenvalue weighted by atomic mass is 10.1. The number of oxazole rings is 1. The topological polar surface area (TPSA) is 84.2 Å². The van der Waals surface area contributed by atoms with E-state index < -0.39 is 0 Å². The Hall–Kier alpha value is -3.41. The van der Waals surface area contributed by atoms with Crippen LogP contribution in [0.4, 0.5) is 11.4 Å². The Labute approximate surface area is 151 Å². The summed E-state index contributed by atoms with van der Waals surface area (Å²) in [6.45, 7) is 3.29. The minimum atomic E-state index is -0.128. The normalized spacial score (nSPS) is 10.4. The van der Waals surface area contributed by atoms with Gasteiger partial charge in [0.15, 0.2) is 0 Å². The van der Waals surface area contributed by atoms with Gasteiger partial charge in [0.25, 0.3) is 0 Å². The SMILES string of the molecule is CC(=O)Nc1ccc(CC(=O)Nc2cccc(-c3ncc(C)o3)c2)cc1. The molecule has 2 N–H and O–H groups in total. The van der Waals surface area contributed by atoms with E-state index in [9.17, 15) is 9.59 Å². The fraction of sp³-hybridized carbons (Fsp3) is 0.150. The van der Waals surface area contributed by atoms with Gasteiger partial charge in [-0.05, 0) is 42.8 Å². The van der Waals surface area contributed by atoms with Crippen LogP contribution in [0.1, 0.15) is 18.2 Å². The molecule has 0 bridgehead atoms. The highest BCUT2D eigenvalue weighted by Crippen LogP contribution is 2.22. The molecule has 0 aliphatic carbocycles. The molecule has 0 aliphatic heterocycles. The third-order valence-corrected chi connectivity index (χ3v) is 3.65. The molecule has 26 heavy (non-hydrogen) atoms. The second-order valence-electron chi connectivity index (χ2n) is 5.96. The molecular weight excluding hydrogens is 330 g/mol. The van der Waals surface area contributed by atoms with Crippen LogP contribution >= 0.6 is 0 Å². The summed E-state index contributed by atoms with van der Waals surface area (Å²) in [7, 11) is 0. The van der Waals surface area contributed by atoms with E-state index in [0.29, 0.717) is 17.3 Å². The third-order valence-electron chi connectivity index (χ3n) is 3.65. The van der Waals surface area contributed by atoms with Crippen LogP contribution in [0.2, 0.25) is 0 Å². The average molecular weight is 349 g/mol. The van der Waals surface area contributed by atoms with Gasteiger partial charge in [-0.25, -0.2) is 4.98 Å². The highest BCUT2D eigenvalue weighted by atomic mass is 16.4. The van der Waals surface area contributed by atoms with Gasteiger partial charge in [-0.3, -0.25) is 9.59 Å². The molecule has 3 rings (SSSR count). The number of anilines is 2. The van der Waals surface area contributed by atoms with Crippen LogP contribution in [0.5, 0.6) is 0 Å². The summed E-state index contributed by atoms with van der Waals surface area (Å²) in [4.78, 5) is 27.5. The Bertz CT molecular complexity index is 929. The Kier molecular flexibility index (Phi) is 5.12. The van der Waals surface area contributed by atoms with Crippen molar-refractivity contribution >= 4 is 23.2 Å². The van der Waals surface area contributed by atoms with Crippen LogP contribution in [-0.2, 0) is 16.0 Å². The van der Waals surface area contributed by atoms with Gasteiger partial charge >= 0.3 is 0 Å². The molecule has 1 heterocycles. The predicted octanol–water partition coefficient (Wildman–Crippen LogP) is 3.79. The number of hydrogen-bond donors (Lipinski definition) is 2. The minimum Gasteiger partial charge on any atom is -0.441 e. The number of benzene rings is 2. The van der Waals surface area contributed by atoms with E-state index in [0.717, 1.165) is 16.9 Å². The lowest BCUT2D eigenvalue weighted by Crippen LogP contribution is -2.14. The van der Waals surface area contributed by atoms with Crippen molar-refractivity contribution < 1.29 is 14.0 Å². The summed E-state index contributed by atoms with van der Waals surface area (Å²) in [5, 5.41) is 5.57. The maximum Gasteiger partial charge on any atom is 0.228 e. The van der Waals surface area contributed by atoms with E-state index in [1.165, 1.54) is 6.92 Å². The molecule has 0 radical (unpaired) electrons. The molecule has 0 saturated heterocycles. The standard InChI is InChI=1S/C20H19N3O3/c1-13-12-21-20(26-13)16-4-3-5-18(11-16)23-19(25)10-15-6-8-17(9-7-15)22-14(2)24/h3-9,11-12H,10H2,1-2H3,(H,22,24)(H,23,25). The second kappa shape index (κ2) is 7.65. The summed E-state index contributed by atoms with van der Waals surface area (Å²) in [5.41, 5.74) is 3.04. The zero-order chi connectivity index (χ0) is 18.5. The first kappa shape index (κ1) is 17.4. The molecular formula is C20H19N3O3. The lowest BCUT2D eigenvalue weighted by Gasteiger charge is -2.07. The fourth-order valence-electron chi connectivity index (χ4n) is 2.52. The van der Waals surface area contributed by atoms with Gasteiger partial charge in [-0.1, -0.05) is 18.2 Å². The number of carbonyl (C=O) groups excluding carboxylic acids is 2. The molecule has 0 aliphatic rings. The Balaban J connectivity index is 1.64. The van der Waals surface area contributed by atoms with Crippen molar-refractivity contribution in [3.63, 3.8) is 0 Å². The number of nitrogens with one attached hydrogen (secondary N) is 2. The van der Waals surface area contributed by atoms with Crippen LogP contribution < -0.4 is 10.6 Å². The van der Waals surface area contributed by atoms with Crippen LogP contribution in [0.3, 0.4) is 0 Å². The molecule has 0 spiro atoms. The van der Waals surface area contributed by atoms with Gasteiger partial charge in [0.2, 0.25) is 17.7 Å². The number of amides is 2. The van der Waals surface area contributed by atoms with Crippen molar-refractivity contribution in [3.05, 3.63) is 66.1 Å². The van der Waals surface area contributed by atoms with Crippen molar-refractivity contribution in [2.24, 2.45) is 0 Å². The summed E-state index contributed by atoms with van der Waals surface area (Å²) in [5.74, 6) is 0.999. The highest BCUT2D eigenvalue weighted by molar-refractivity contribution is 5.93. The van der Waals surface area contributed by atoms with E-state index in [-0.39, 0.29) is 18.2 Å². The Morgan fingerprint density at radius 2 is 1.81 bits per heavy atom. The number of carbonyl (C=O) groups is 2. The first-order valence-electron chi connectivity index (χ1n) is 8.19. The van der Waals surface area contributed by atoms with Crippen molar-refractivity contribution in [1.29, 1.82) is 0 Å². The number of nitrogens with zero attached hydrogens (tertiary/aromatic N) is 1. The second-order valence-corrected chi connectivity index (χ2v) is 5.96. The monoisotopic (exact) mass is 349 g/mol. The smallest absolute Gasteiger partial charge is 0.228 e. The Morgan fingerprint density at radius 1 is 1.04 bits per heavy atom. The molecule has 132 valence electrons.